The van der Waals surface area contributed by atoms with Gasteiger partial charge in [-0.1, -0.05) is 0 Å². The number of carboxylic acids is 1. The Morgan fingerprint density at radius 1 is 1.43 bits per heavy atom. The van der Waals surface area contributed by atoms with Crippen molar-refractivity contribution in [1.29, 1.82) is 0 Å². The van der Waals surface area contributed by atoms with E-state index in [1.807, 2.05) is 6.92 Å². The topological polar surface area (TPSA) is 95.9 Å². The molecular formula is C14H24N2O5. The number of nitrogens with zero attached hydrogens (tertiary/aromatic N) is 1. The number of ether oxygens (including phenoxy) is 1. The summed E-state index contributed by atoms with van der Waals surface area (Å²) in [4.78, 5) is 35.8. The SMILES string of the molecule is CCOC(=O)CCC(C)NC(=O)N1CCCC(C(=O)O)C1. The molecule has 2 amide bonds. The van der Waals surface area contributed by atoms with Crippen molar-refractivity contribution in [1.82, 2.24) is 10.2 Å². The summed E-state index contributed by atoms with van der Waals surface area (Å²) in [5.74, 6) is -1.62. The molecule has 0 saturated carbocycles. The molecule has 0 aliphatic carbocycles. The first-order valence-electron chi connectivity index (χ1n) is 7.37. The molecule has 0 aromatic heterocycles. The van der Waals surface area contributed by atoms with Crippen molar-refractivity contribution in [3.8, 4) is 0 Å². The number of carbonyl (C=O) groups is 3. The molecule has 1 rings (SSSR count). The predicted octanol–water partition coefficient (Wildman–Crippen LogP) is 1.22. The van der Waals surface area contributed by atoms with Gasteiger partial charge in [-0.15, -0.1) is 0 Å². The minimum Gasteiger partial charge on any atom is -0.481 e. The first-order chi connectivity index (χ1) is 9.93. The van der Waals surface area contributed by atoms with Crippen molar-refractivity contribution in [3.63, 3.8) is 0 Å². The van der Waals surface area contributed by atoms with Gasteiger partial charge in [0.25, 0.3) is 0 Å². The molecule has 1 fully saturated rings. The van der Waals surface area contributed by atoms with E-state index in [9.17, 15) is 14.4 Å². The molecule has 2 N–H and O–H groups in total. The maximum Gasteiger partial charge on any atom is 0.317 e. The van der Waals surface area contributed by atoms with Crippen LogP contribution in [0.15, 0.2) is 0 Å². The average molecular weight is 300 g/mol. The number of amides is 2. The van der Waals surface area contributed by atoms with Crippen LogP contribution in [0.2, 0.25) is 0 Å². The molecule has 0 aromatic carbocycles. The lowest BCUT2D eigenvalue weighted by Crippen LogP contribution is -2.49. The second-order valence-electron chi connectivity index (χ2n) is 5.32. The summed E-state index contributed by atoms with van der Waals surface area (Å²) in [6, 6.07) is -0.426. The van der Waals surface area contributed by atoms with Gasteiger partial charge in [0.2, 0.25) is 0 Å². The van der Waals surface area contributed by atoms with Gasteiger partial charge in [0.05, 0.1) is 12.5 Å². The van der Waals surface area contributed by atoms with E-state index in [0.29, 0.717) is 32.4 Å². The standard InChI is InChI=1S/C14H24N2O5/c1-3-21-12(17)7-6-10(2)15-14(20)16-8-4-5-11(9-16)13(18)19/h10-11H,3-9H2,1-2H3,(H,15,20)(H,18,19). The number of aliphatic carboxylic acids is 1. The van der Waals surface area contributed by atoms with E-state index >= 15 is 0 Å². The summed E-state index contributed by atoms with van der Waals surface area (Å²) >= 11 is 0. The summed E-state index contributed by atoms with van der Waals surface area (Å²) < 4.78 is 4.83. The molecule has 0 spiro atoms. The normalized spacial score (nSPS) is 19.7. The molecule has 1 heterocycles. The maximum absolute atomic E-state index is 12.1. The zero-order valence-corrected chi connectivity index (χ0v) is 12.6. The van der Waals surface area contributed by atoms with Crippen LogP contribution in [0, 0.1) is 5.92 Å². The van der Waals surface area contributed by atoms with Crippen molar-refractivity contribution in [2.45, 2.75) is 45.6 Å². The number of rotatable bonds is 6. The fraction of sp³-hybridized carbons (Fsp3) is 0.786. The van der Waals surface area contributed by atoms with Crippen molar-refractivity contribution < 1.29 is 24.2 Å². The molecule has 2 unspecified atom stereocenters. The van der Waals surface area contributed by atoms with Gasteiger partial charge >= 0.3 is 18.0 Å². The molecule has 1 aliphatic heterocycles. The number of hydrogen-bond acceptors (Lipinski definition) is 4. The van der Waals surface area contributed by atoms with Gasteiger partial charge < -0.3 is 20.1 Å². The van der Waals surface area contributed by atoms with Gasteiger partial charge in [0.1, 0.15) is 0 Å². The second kappa shape index (κ2) is 8.49. The van der Waals surface area contributed by atoms with Crippen LogP contribution in [0.5, 0.6) is 0 Å². The highest BCUT2D eigenvalue weighted by atomic mass is 16.5. The van der Waals surface area contributed by atoms with E-state index in [4.69, 9.17) is 9.84 Å². The van der Waals surface area contributed by atoms with Crippen LogP contribution < -0.4 is 5.32 Å². The number of carboxylic acid groups (broad SMARTS) is 1. The minimum absolute atomic E-state index is 0.160. The number of esters is 1. The van der Waals surface area contributed by atoms with Crippen molar-refractivity contribution in [2.24, 2.45) is 5.92 Å². The first-order valence-corrected chi connectivity index (χ1v) is 7.37. The van der Waals surface area contributed by atoms with Crippen LogP contribution in [0.25, 0.3) is 0 Å². The molecule has 1 saturated heterocycles. The summed E-state index contributed by atoms with van der Waals surface area (Å²) in [6.07, 6.45) is 2.06. The molecular weight excluding hydrogens is 276 g/mol. The van der Waals surface area contributed by atoms with E-state index in [1.54, 1.807) is 6.92 Å². The number of urea groups is 1. The molecule has 0 radical (unpaired) electrons. The Bertz CT molecular complexity index is 386. The summed E-state index contributed by atoms with van der Waals surface area (Å²) in [6.45, 7) is 4.73. The van der Waals surface area contributed by atoms with E-state index in [2.05, 4.69) is 5.32 Å². The first kappa shape index (κ1) is 17.3. The van der Waals surface area contributed by atoms with Gasteiger partial charge in [-0.05, 0) is 33.1 Å². The number of hydrogen-bond donors (Lipinski definition) is 2. The number of piperidine rings is 1. The molecule has 120 valence electrons. The monoisotopic (exact) mass is 300 g/mol. The van der Waals surface area contributed by atoms with Crippen molar-refractivity contribution in [2.75, 3.05) is 19.7 Å². The molecule has 2 atom stereocenters. The van der Waals surface area contributed by atoms with Crippen LogP contribution in [-0.2, 0) is 14.3 Å². The Labute approximate surface area is 124 Å². The number of carbonyl (C=O) groups excluding carboxylic acids is 2. The molecule has 0 bridgehead atoms. The highest BCUT2D eigenvalue weighted by Gasteiger charge is 2.28. The lowest BCUT2D eigenvalue weighted by Gasteiger charge is -2.31. The van der Waals surface area contributed by atoms with E-state index in [1.165, 1.54) is 4.90 Å². The molecule has 0 aromatic rings. The van der Waals surface area contributed by atoms with E-state index in [0.717, 1.165) is 0 Å². The van der Waals surface area contributed by atoms with Gasteiger partial charge in [-0.2, -0.15) is 0 Å². The molecule has 7 heteroatoms. The fourth-order valence-electron chi connectivity index (χ4n) is 2.30. The summed E-state index contributed by atoms with van der Waals surface area (Å²) in [5, 5.41) is 11.8. The highest BCUT2D eigenvalue weighted by molar-refractivity contribution is 5.77. The van der Waals surface area contributed by atoms with Crippen molar-refractivity contribution in [3.05, 3.63) is 0 Å². The Kier molecular flexibility index (Phi) is 6.98. The van der Waals surface area contributed by atoms with Gasteiger partial charge in [0.15, 0.2) is 0 Å². The van der Waals surface area contributed by atoms with E-state index < -0.39 is 11.9 Å². The third kappa shape index (κ3) is 6.01. The molecule has 1 aliphatic rings. The molecule has 21 heavy (non-hydrogen) atoms. The van der Waals surface area contributed by atoms with Crippen LogP contribution in [0.1, 0.15) is 39.5 Å². The van der Waals surface area contributed by atoms with E-state index in [-0.39, 0.29) is 31.0 Å². The Morgan fingerprint density at radius 3 is 2.76 bits per heavy atom. The second-order valence-corrected chi connectivity index (χ2v) is 5.32. The Morgan fingerprint density at radius 2 is 2.14 bits per heavy atom. The third-order valence-electron chi connectivity index (χ3n) is 3.51. The predicted molar refractivity (Wildman–Crippen MR) is 75.8 cm³/mol. The Balaban J connectivity index is 2.34. The minimum atomic E-state index is -0.858. The zero-order chi connectivity index (χ0) is 15.8. The summed E-state index contributed by atoms with van der Waals surface area (Å²) in [7, 11) is 0. The summed E-state index contributed by atoms with van der Waals surface area (Å²) in [5.41, 5.74) is 0. The largest absolute Gasteiger partial charge is 0.481 e. The van der Waals surface area contributed by atoms with Gasteiger partial charge in [-0.25, -0.2) is 4.79 Å². The number of nitrogens with one attached hydrogen (secondary N) is 1. The third-order valence-corrected chi connectivity index (χ3v) is 3.51. The van der Waals surface area contributed by atoms with Gasteiger partial charge in [0, 0.05) is 25.6 Å². The van der Waals surface area contributed by atoms with Crippen LogP contribution in [0.3, 0.4) is 0 Å². The zero-order valence-electron chi connectivity index (χ0n) is 12.6. The van der Waals surface area contributed by atoms with Gasteiger partial charge in [-0.3, -0.25) is 9.59 Å². The lowest BCUT2D eigenvalue weighted by molar-refractivity contribution is -0.144. The Hall–Kier alpha value is -1.79. The van der Waals surface area contributed by atoms with Crippen LogP contribution >= 0.6 is 0 Å². The van der Waals surface area contributed by atoms with Crippen molar-refractivity contribution >= 4 is 18.0 Å². The quantitative estimate of drug-likeness (QED) is 0.719. The highest BCUT2D eigenvalue weighted by Crippen LogP contribution is 2.16. The maximum atomic E-state index is 12.1. The van der Waals surface area contributed by atoms with Crippen LogP contribution in [-0.4, -0.2) is 53.7 Å². The van der Waals surface area contributed by atoms with Crippen LogP contribution in [0.4, 0.5) is 4.79 Å². The lowest BCUT2D eigenvalue weighted by atomic mass is 9.99. The molecule has 7 nitrogen and oxygen atoms in total. The number of likely N-dealkylation sites (tertiary alicyclic amines) is 1. The smallest absolute Gasteiger partial charge is 0.317 e. The fourth-order valence-corrected chi connectivity index (χ4v) is 2.30. The average Bonchev–Trinajstić information content (AvgIpc) is 2.45.